The number of anilines is 1. The van der Waals surface area contributed by atoms with Gasteiger partial charge in [0, 0.05) is 25.2 Å². The Kier molecular flexibility index (Phi) is 6.26. The topological polar surface area (TPSA) is 69.6 Å². The Morgan fingerprint density at radius 2 is 2.08 bits per heavy atom. The average Bonchev–Trinajstić information content (AvgIpc) is 3.22. The van der Waals surface area contributed by atoms with Crippen LogP contribution in [0.2, 0.25) is 0 Å². The van der Waals surface area contributed by atoms with Gasteiger partial charge in [0.1, 0.15) is 5.51 Å². The molecular formula is C15H23F3N4O2S. The van der Waals surface area contributed by atoms with Crippen LogP contribution < -0.4 is 4.90 Å². The van der Waals surface area contributed by atoms with E-state index in [4.69, 9.17) is 9.90 Å². The summed E-state index contributed by atoms with van der Waals surface area (Å²) in [7, 11) is 0. The van der Waals surface area contributed by atoms with E-state index >= 15 is 0 Å². The monoisotopic (exact) mass is 380 g/mol. The number of alkyl halides is 3. The Balaban J connectivity index is 0.000000277. The van der Waals surface area contributed by atoms with Crippen LogP contribution in [0.15, 0.2) is 5.51 Å². The van der Waals surface area contributed by atoms with Crippen LogP contribution in [-0.2, 0) is 4.79 Å². The maximum atomic E-state index is 10.6. The summed E-state index contributed by atoms with van der Waals surface area (Å²) in [6.45, 7) is 9.46. The highest BCUT2D eigenvalue weighted by Gasteiger charge is 2.46. The highest BCUT2D eigenvalue weighted by atomic mass is 32.1. The fourth-order valence-electron chi connectivity index (χ4n) is 3.51. The number of carboxylic acids is 1. The highest BCUT2D eigenvalue weighted by Crippen LogP contribution is 2.39. The number of aliphatic carboxylic acids is 1. The van der Waals surface area contributed by atoms with Crippen LogP contribution in [0.25, 0.3) is 0 Å². The Hall–Kier alpha value is -1.42. The lowest BCUT2D eigenvalue weighted by atomic mass is 9.94. The fourth-order valence-corrected chi connectivity index (χ4v) is 4.09. The van der Waals surface area contributed by atoms with Crippen molar-refractivity contribution in [2.45, 2.75) is 44.8 Å². The van der Waals surface area contributed by atoms with Gasteiger partial charge >= 0.3 is 12.1 Å². The van der Waals surface area contributed by atoms with Crippen LogP contribution in [0.3, 0.4) is 0 Å². The normalized spacial score (nSPS) is 24.0. The molecule has 25 heavy (non-hydrogen) atoms. The summed E-state index contributed by atoms with van der Waals surface area (Å²) < 4.78 is 31.7. The van der Waals surface area contributed by atoms with E-state index < -0.39 is 12.1 Å². The molecule has 0 saturated carbocycles. The van der Waals surface area contributed by atoms with Crippen LogP contribution in [0.1, 0.15) is 33.1 Å². The predicted molar refractivity (Wildman–Crippen MR) is 88.8 cm³/mol. The number of hydrogen-bond acceptors (Lipinski definition) is 6. The molecule has 2 aliphatic rings. The summed E-state index contributed by atoms with van der Waals surface area (Å²) in [5.41, 5.74) is 2.26. The van der Waals surface area contributed by atoms with Gasteiger partial charge in [-0.25, -0.2) is 4.79 Å². The van der Waals surface area contributed by atoms with Crippen molar-refractivity contribution in [2.75, 3.05) is 31.1 Å². The number of halogens is 3. The zero-order valence-corrected chi connectivity index (χ0v) is 15.1. The molecular weight excluding hydrogens is 357 g/mol. The Labute approximate surface area is 148 Å². The van der Waals surface area contributed by atoms with Crippen LogP contribution in [0.5, 0.6) is 0 Å². The molecule has 0 bridgehead atoms. The number of nitrogens with zero attached hydrogens (tertiary/aromatic N) is 4. The lowest BCUT2D eigenvalue weighted by Crippen LogP contribution is -2.47. The number of aromatic nitrogens is 2. The van der Waals surface area contributed by atoms with E-state index in [1.807, 2.05) is 5.51 Å². The molecule has 1 aromatic heterocycles. The summed E-state index contributed by atoms with van der Waals surface area (Å²) in [5.74, 6) is -2.00. The first-order chi connectivity index (χ1) is 11.6. The number of carbonyl (C=O) groups is 1. The number of hydrogen-bond donors (Lipinski definition) is 1. The minimum absolute atomic E-state index is 0.427. The second-order valence-corrected chi connectivity index (χ2v) is 7.68. The number of carboxylic acid groups (broad SMARTS) is 1. The van der Waals surface area contributed by atoms with E-state index in [-0.39, 0.29) is 0 Å². The summed E-state index contributed by atoms with van der Waals surface area (Å²) in [4.78, 5) is 14.1. The van der Waals surface area contributed by atoms with Gasteiger partial charge in [-0.1, -0.05) is 25.2 Å². The molecule has 0 aliphatic carbocycles. The van der Waals surface area contributed by atoms with E-state index in [2.05, 4.69) is 33.8 Å². The molecule has 3 rings (SSSR count). The fraction of sp³-hybridized carbons (Fsp3) is 0.800. The van der Waals surface area contributed by atoms with E-state index in [9.17, 15) is 13.2 Å². The van der Waals surface area contributed by atoms with Crippen LogP contribution >= 0.6 is 11.3 Å². The summed E-state index contributed by atoms with van der Waals surface area (Å²) in [6, 6.07) is 0. The van der Waals surface area contributed by atoms with Gasteiger partial charge in [0.25, 0.3) is 0 Å². The SMILES string of the molecule is CC(C)CN1CCCC12CCN(c1nncs1)C2.O=C(O)C(F)(F)F. The first-order valence-electron chi connectivity index (χ1n) is 8.20. The van der Waals surface area contributed by atoms with Crippen LogP contribution in [0.4, 0.5) is 18.3 Å². The molecule has 1 atom stereocenters. The van der Waals surface area contributed by atoms with Crippen LogP contribution in [0, 0.1) is 5.92 Å². The second-order valence-electron chi connectivity index (χ2n) is 6.86. The van der Waals surface area contributed by atoms with Gasteiger partial charge in [-0.05, 0) is 31.7 Å². The third kappa shape index (κ3) is 5.04. The summed E-state index contributed by atoms with van der Waals surface area (Å²) in [6.07, 6.45) is -1.08. The van der Waals surface area contributed by atoms with Crippen LogP contribution in [-0.4, -0.2) is 64.1 Å². The quantitative estimate of drug-likeness (QED) is 0.870. The summed E-state index contributed by atoms with van der Waals surface area (Å²) >= 11 is 1.66. The van der Waals surface area contributed by atoms with Gasteiger partial charge in [-0.2, -0.15) is 13.2 Å². The minimum Gasteiger partial charge on any atom is -0.475 e. The molecule has 0 radical (unpaired) electrons. The van der Waals surface area contributed by atoms with Crippen molar-refractivity contribution < 1.29 is 23.1 Å². The van der Waals surface area contributed by atoms with Gasteiger partial charge in [-0.15, -0.1) is 10.2 Å². The standard InChI is InChI=1S/C13H22N4S.C2HF3O2/c1-11(2)8-17-6-3-4-13(17)5-7-16(9-13)12-15-14-10-18-12;3-2(4,5)1(6)7/h10-11H,3-9H2,1-2H3;(H,6,7). The molecule has 1 unspecified atom stereocenters. The molecule has 6 nitrogen and oxygen atoms in total. The van der Waals surface area contributed by atoms with Gasteiger partial charge < -0.3 is 10.0 Å². The first-order valence-corrected chi connectivity index (χ1v) is 9.08. The average molecular weight is 380 g/mol. The third-order valence-electron chi connectivity index (χ3n) is 4.52. The molecule has 3 heterocycles. The largest absolute Gasteiger partial charge is 0.490 e. The van der Waals surface area contributed by atoms with Crippen molar-refractivity contribution in [1.29, 1.82) is 0 Å². The molecule has 1 N–H and O–H groups in total. The van der Waals surface area contributed by atoms with Crippen molar-refractivity contribution in [3.8, 4) is 0 Å². The lowest BCUT2D eigenvalue weighted by molar-refractivity contribution is -0.192. The van der Waals surface area contributed by atoms with E-state index in [0.29, 0.717) is 5.54 Å². The van der Waals surface area contributed by atoms with Crippen molar-refractivity contribution >= 4 is 22.4 Å². The van der Waals surface area contributed by atoms with Gasteiger partial charge in [-0.3, -0.25) is 4.90 Å². The molecule has 0 amide bonds. The smallest absolute Gasteiger partial charge is 0.475 e. The number of likely N-dealkylation sites (tertiary alicyclic amines) is 1. The van der Waals surface area contributed by atoms with E-state index in [1.54, 1.807) is 11.3 Å². The molecule has 2 saturated heterocycles. The van der Waals surface area contributed by atoms with Gasteiger partial charge in [0.05, 0.1) is 0 Å². The molecule has 2 fully saturated rings. The zero-order valence-electron chi connectivity index (χ0n) is 14.3. The molecule has 0 aromatic carbocycles. The maximum Gasteiger partial charge on any atom is 0.490 e. The van der Waals surface area contributed by atoms with Crippen molar-refractivity contribution in [1.82, 2.24) is 15.1 Å². The van der Waals surface area contributed by atoms with Crippen molar-refractivity contribution in [2.24, 2.45) is 5.92 Å². The highest BCUT2D eigenvalue weighted by molar-refractivity contribution is 7.13. The number of rotatable bonds is 3. The second kappa shape index (κ2) is 7.86. The molecule has 2 aliphatic heterocycles. The van der Waals surface area contributed by atoms with E-state index in [1.165, 1.54) is 32.4 Å². The third-order valence-corrected chi connectivity index (χ3v) is 5.27. The Bertz CT molecular complexity index is 568. The van der Waals surface area contributed by atoms with Gasteiger partial charge in [0.2, 0.25) is 5.13 Å². The molecule has 1 spiro atoms. The minimum atomic E-state index is -5.08. The van der Waals surface area contributed by atoms with Crippen molar-refractivity contribution in [3.63, 3.8) is 0 Å². The Morgan fingerprint density at radius 1 is 1.40 bits per heavy atom. The van der Waals surface area contributed by atoms with Gasteiger partial charge in [0.15, 0.2) is 0 Å². The maximum absolute atomic E-state index is 10.6. The first kappa shape index (κ1) is 19.9. The predicted octanol–water partition coefficient (Wildman–Crippen LogP) is 2.87. The zero-order chi connectivity index (χ0) is 18.7. The molecule has 1 aromatic rings. The summed E-state index contributed by atoms with van der Waals surface area (Å²) in [5, 5.41) is 16.4. The molecule has 142 valence electrons. The van der Waals surface area contributed by atoms with Crippen molar-refractivity contribution in [3.05, 3.63) is 5.51 Å². The molecule has 10 heteroatoms. The van der Waals surface area contributed by atoms with E-state index in [0.717, 1.165) is 24.1 Å². The Morgan fingerprint density at radius 3 is 2.60 bits per heavy atom. The lowest BCUT2D eigenvalue weighted by Gasteiger charge is -2.36.